The topological polar surface area (TPSA) is 111 Å². The molecule has 0 aliphatic rings. The lowest BCUT2D eigenvalue weighted by Gasteiger charge is -2.24. The van der Waals surface area contributed by atoms with Crippen molar-refractivity contribution in [3.63, 3.8) is 0 Å². The second-order valence-electron chi connectivity index (χ2n) is 8.63. The molecule has 0 aliphatic heterocycles. The van der Waals surface area contributed by atoms with Crippen molar-refractivity contribution in [1.82, 2.24) is 9.97 Å². The van der Waals surface area contributed by atoms with Crippen LogP contribution < -0.4 is 10.5 Å². The lowest BCUT2D eigenvalue weighted by Crippen LogP contribution is -2.32. The van der Waals surface area contributed by atoms with Gasteiger partial charge >= 0.3 is 12.1 Å². The standard InChI is InChI=1S/C27H19ClF3N3O4S/c28-17-5-6-18(19(10-17)16-7-8-37-11-16)24(27(29,30)31)38-25-23-22(33-13-34-25)20(12-39-23)15-3-1-14(2-4-15)9-21(32)26(35)36/h1-8,10-13,21,24H,9,32H2,(H,35,36)/t21?,24-/m1/s1. The number of carboxylic acid groups (broad SMARTS) is 1. The molecule has 3 heterocycles. The minimum absolute atomic E-state index is 0.146. The quantitative estimate of drug-likeness (QED) is 0.207. The fourth-order valence-corrected chi connectivity index (χ4v) is 5.25. The van der Waals surface area contributed by atoms with Crippen molar-refractivity contribution in [3.05, 3.63) is 88.9 Å². The molecule has 12 heteroatoms. The number of thiophene rings is 1. The van der Waals surface area contributed by atoms with Crippen molar-refractivity contribution < 1.29 is 32.2 Å². The Balaban J connectivity index is 1.50. The second-order valence-corrected chi connectivity index (χ2v) is 9.95. The number of carbonyl (C=O) groups is 1. The van der Waals surface area contributed by atoms with Crippen molar-refractivity contribution in [2.24, 2.45) is 5.73 Å². The molecule has 0 amide bonds. The molecule has 0 aliphatic carbocycles. The van der Waals surface area contributed by atoms with Crippen molar-refractivity contribution in [1.29, 1.82) is 0 Å². The summed E-state index contributed by atoms with van der Waals surface area (Å²) in [5.41, 5.74) is 8.67. The first-order valence-corrected chi connectivity index (χ1v) is 12.7. The SMILES string of the molecule is NC(Cc1ccc(-c2csc3c(O[C@H](c4ccc(Cl)cc4-c4ccoc4)C(F)(F)F)ncnc23)cc1)C(=O)O. The predicted octanol–water partition coefficient (Wildman–Crippen LogP) is 6.91. The molecular formula is C27H19ClF3N3O4S. The minimum atomic E-state index is -4.78. The Morgan fingerprint density at radius 2 is 1.87 bits per heavy atom. The number of nitrogens with two attached hydrogens (primary N) is 1. The van der Waals surface area contributed by atoms with Gasteiger partial charge in [-0.1, -0.05) is 41.9 Å². The van der Waals surface area contributed by atoms with Crippen LogP contribution in [0.5, 0.6) is 5.88 Å². The molecule has 3 aromatic heterocycles. The molecular weight excluding hydrogens is 555 g/mol. The fourth-order valence-electron chi connectivity index (χ4n) is 4.12. The summed E-state index contributed by atoms with van der Waals surface area (Å²) in [4.78, 5) is 19.4. The van der Waals surface area contributed by atoms with Gasteiger partial charge in [-0.15, -0.1) is 11.3 Å². The molecule has 0 bridgehead atoms. The highest BCUT2D eigenvalue weighted by Crippen LogP contribution is 2.44. The Morgan fingerprint density at radius 3 is 2.54 bits per heavy atom. The third kappa shape index (κ3) is 5.60. The Labute approximate surface area is 228 Å². The van der Waals surface area contributed by atoms with Crippen molar-refractivity contribution in [3.8, 4) is 28.1 Å². The number of aromatic nitrogens is 2. The summed E-state index contributed by atoms with van der Waals surface area (Å²) in [5.74, 6) is -1.31. The van der Waals surface area contributed by atoms with Gasteiger partial charge < -0.3 is 20.0 Å². The number of hydrogen-bond acceptors (Lipinski definition) is 7. The predicted molar refractivity (Wildman–Crippen MR) is 141 cm³/mol. The van der Waals surface area contributed by atoms with Gasteiger partial charge in [-0.05, 0) is 41.3 Å². The smallest absolute Gasteiger partial charge is 0.429 e. The lowest BCUT2D eigenvalue weighted by atomic mass is 9.97. The number of ether oxygens (including phenoxy) is 1. The van der Waals surface area contributed by atoms with Crippen LogP contribution in [0.2, 0.25) is 5.02 Å². The first-order valence-electron chi connectivity index (χ1n) is 11.5. The summed E-state index contributed by atoms with van der Waals surface area (Å²) in [5, 5.41) is 11.0. The van der Waals surface area contributed by atoms with Crippen LogP contribution in [0, 0.1) is 0 Å². The van der Waals surface area contributed by atoms with Crippen LogP contribution in [-0.2, 0) is 11.2 Å². The van der Waals surface area contributed by atoms with E-state index in [9.17, 15) is 18.0 Å². The van der Waals surface area contributed by atoms with Crippen molar-refractivity contribution in [2.45, 2.75) is 24.7 Å². The molecule has 0 fully saturated rings. The molecule has 1 unspecified atom stereocenters. The number of fused-ring (bicyclic) bond motifs is 1. The van der Waals surface area contributed by atoms with Crippen LogP contribution in [0.25, 0.3) is 32.5 Å². The number of nitrogens with zero attached hydrogens (tertiary/aromatic N) is 2. The Hall–Kier alpha value is -3.93. The molecule has 0 spiro atoms. The van der Waals surface area contributed by atoms with Gasteiger partial charge in [0.15, 0.2) is 0 Å². The summed E-state index contributed by atoms with van der Waals surface area (Å²) >= 11 is 7.25. The summed E-state index contributed by atoms with van der Waals surface area (Å²) in [6, 6.07) is 11.6. The zero-order chi connectivity index (χ0) is 27.7. The molecule has 0 saturated carbocycles. The highest BCUT2D eigenvalue weighted by Gasteiger charge is 2.45. The molecule has 2 atom stereocenters. The summed E-state index contributed by atoms with van der Waals surface area (Å²) in [6.45, 7) is 0. The molecule has 0 saturated heterocycles. The number of benzene rings is 2. The van der Waals surface area contributed by atoms with E-state index in [0.29, 0.717) is 21.3 Å². The molecule has 5 rings (SSSR count). The highest BCUT2D eigenvalue weighted by atomic mass is 35.5. The van der Waals surface area contributed by atoms with E-state index in [-0.39, 0.29) is 28.5 Å². The van der Waals surface area contributed by atoms with Crippen LogP contribution in [0.4, 0.5) is 13.2 Å². The van der Waals surface area contributed by atoms with Crippen LogP contribution in [0.1, 0.15) is 17.2 Å². The fraction of sp³-hybridized carbons (Fsp3) is 0.148. The van der Waals surface area contributed by atoms with Crippen LogP contribution in [0.3, 0.4) is 0 Å². The van der Waals surface area contributed by atoms with E-state index in [4.69, 9.17) is 31.6 Å². The first kappa shape index (κ1) is 26.7. The molecule has 7 nitrogen and oxygen atoms in total. The van der Waals surface area contributed by atoms with E-state index in [2.05, 4.69) is 9.97 Å². The number of furan rings is 1. The average molecular weight is 574 g/mol. The zero-order valence-electron chi connectivity index (χ0n) is 19.9. The third-order valence-electron chi connectivity index (χ3n) is 6.02. The molecule has 39 heavy (non-hydrogen) atoms. The summed E-state index contributed by atoms with van der Waals surface area (Å²) < 4.78 is 54.2. The monoisotopic (exact) mass is 573 g/mol. The van der Waals surface area contributed by atoms with Gasteiger partial charge in [0.2, 0.25) is 12.0 Å². The largest absolute Gasteiger partial charge is 0.480 e. The van der Waals surface area contributed by atoms with E-state index in [0.717, 1.165) is 28.8 Å². The maximum absolute atomic E-state index is 14.4. The van der Waals surface area contributed by atoms with E-state index >= 15 is 0 Å². The molecule has 0 radical (unpaired) electrons. The number of carboxylic acids is 1. The molecule has 5 aromatic rings. The van der Waals surface area contributed by atoms with Crippen LogP contribution >= 0.6 is 22.9 Å². The maximum Gasteiger partial charge on any atom is 0.429 e. The Bertz CT molecular complexity index is 1620. The number of aliphatic carboxylic acids is 1. The number of alkyl halides is 3. The average Bonchev–Trinajstić information content (AvgIpc) is 3.58. The summed E-state index contributed by atoms with van der Waals surface area (Å²) in [6.07, 6.45) is -3.13. The minimum Gasteiger partial charge on any atom is -0.480 e. The van der Waals surface area contributed by atoms with Crippen molar-refractivity contribution in [2.75, 3.05) is 0 Å². The van der Waals surface area contributed by atoms with Gasteiger partial charge in [-0.2, -0.15) is 13.2 Å². The van der Waals surface area contributed by atoms with Crippen molar-refractivity contribution >= 4 is 39.1 Å². The third-order valence-corrected chi connectivity index (χ3v) is 7.21. The first-order chi connectivity index (χ1) is 18.6. The van der Waals surface area contributed by atoms with Gasteiger partial charge in [0, 0.05) is 27.1 Å². The number of rotatable bonds is 8. The second kappa shape index (κ2) is 10.7. The van der Waals surface area contributed by atoms with E-state index in [1.54, 1.807) is 29.6 Å². The Morgan fingerprint density at radius 1 is 1.10 bits per heavy atom. The van der Waals surface area contributed by atoms with Crippen LogP contribution in [-0.4, -0.2) is 33.3 Å². The highest BCUT2D eigenvalue weighted by molar-refractivity contribution is 7.18. The Kier molecular flexibility index (Phi) is 7.30. The molecule has 3 N–H and O–H groups in total. The van der Waals surface area contributed by atoms with Gasteiger partial charge in [-0.25, -0.2) is 9.97 Å². The molecule has 2 aromatic carbocycles. The van der Waals surface area contributed by atoms with E-state index in [1.807, 2.05) is 0 Å². The zero-order valence-corrected chi connectivity index (χ0v) is 21.4. The van der Waals surface area contributed by atoms with Gasteiger partial charge in [-0.3, -0.25) is 4.79 Å². The number of hydrogen-bond donors (Lipinski definition) is 2. The summed E-state index contributed by atoms with van der Waals surface area (Å²) in [7, 11) is 0. The van der Waals surface area contributed by atoms with Gasteiger partial charge in [0.1, 0.15) is 17.1 Å². The normalized spacial score (nSPS) is 13.4. The molecule has 200 valence electrons. The van der Waals surface area contributed by atoms with Gasteiger partial charge in [0.25, 0.3) is 0 Å². The van der Waals surface area contributed by atoms with Crippen LogP contribution in [0.15, 0.2) is 77.2 Å². The van der Waals surface area contributed by atoms with E-state index in [1.165, 1.54) is 36.8 Å². The number of halogens is 4. The lowest BCUT2D eigenvalue weighted by molar-refractivity contribution is -0.198. The van der Waals surface area contributed by atoms with Gasteiger partial charge in [0.05, 0.1) is 18.0 Å². The maximum atomic E-state index is 14.4. The van der Waals surface area contributed by atoms with E-state index < -0.39 is 24.3 Å².